The van der Waals surface area contributed by atoms with Gasteiger partial charge in [0, 0.05) is 42.3 Å². The van der Waals surface area contributed by atoms with Crippen LogP contribution in [0, 0.1) is 11.6 Å². The van der Waals surface area contributed by atoms with Gasteiger partial charge in [0.15, 0.2) is 5.82 Å². The van der Waals surface area contributed by atoms with Gasteiger partial charge in [0.05, 0.1) is 0 Å². The first kappa shape index (κ1) is 21.1. The van der Waals surface area contributed by atoms with Crippen LogP contribution in [0.25, 0.3) is 0 Å². The molecule has 0 aliphatic carbocycles. The number of piperidine rings is 1. The van der Waals surface area contributed by atoms with Crippen molar-refractivity contribution in [1.82, 2.24) is 14.3 Å². The van der Waals surface area contributed by atoms with Gasteiger partial charge in [-0.3, -0.25) is 4.90 Å². The number of nitrogens with zero attached hydrogens (tertiary/aromatic N) is 3. The van der Waals surface area contributed by atoms with E-state index in [0.717, 1.165) is 29.2 Å². The van der Waals surface area contributed by atoms with Gasteiger partial charge < -0.3 is 4.55 Å². The number of alkyl halides is 1. The molecule has 1 fully saturated rings. The van der Waals surface area contributed by atoms with Crippen molar-refractivity contribution in [3.63, 3.8) is 0 Å². The van der Waals surface area contributed by atoms with Crippen LogP contribution >= 0.6 is 11.5 Å². The molecular weight excluding hydrogens is 433 g/mol. The molecule has 0 bridgehead atoms. The Morgan fingerprint density at radius 1 is 1.20 bits per heavy atom. The highest BCUT2D eigenvalue weighted by molar-refractivity contribution is 7.93. The van der Waals surface area contributed by atoms with Crippen LogP contribution in [0.1, 0.15) is 30.0 Å². The van der Waals surface area contributed by atoms with Crippen molar-refractivity contribution in [1.29, 1.82) is 0 Å². The summed E-state index contributed by atoms with van der Waals surface area (Å²) in [5.74, 6) is -1.44. The molecule has 1 saturated heterocycles. The summed E-state index contributed by atoms with van der Waals surface area (Å²) >= 11 is -1.05. The lowest BCUT2D eigenvalue weighted by molar-refractivity contribution is 0.0825. The fraction of sp³-hybridized carbons (Fsp3) is 0.300. The first-order valence-electron chi connectivity index (χ1n) is 9.37. The zero-order chi connectivity index (χ0) is 21.1. The molecule has 0 amide bonds. The Bertz CT molecular complexity index is 978. The van der Waals surface area contributed by atoms with Crippen molar-refractivity contribution in [3.05, 3.63) is 71.6 Å². The minimum atomic E-state index is -2.01. The van der Waals surface area contributed by atoms with Crippen molar-refractivity contribution >= 4 is 28.0 Å². The van der Waals surface area contributed by atoms with Crippen molar-refractivity contribution < 1.29 is 17.7 Å². The number of rotatable bonds is 6. The second-order valence-corrected chi connectivity index (χ2v) is 8.97. The minimum absolute atomic E-state index is 0.131. The summed E-state index contributed by atoms with van der Waals surface area (Å²) in [4.78, 5) is 5.48. The third kappa shape index (κ3) is 4.77. The summed E-state index contributed by atoms with van der Waals surface area (Å²) in [7, 11) is 0. The molecule has 1 aliphatic rings. The number of hydrogen-bond donors (Lipinski definition) is 1. The van der Waals surface area contributed by atoms with E-state index in [1.807, 2.05) is 35.2 Å². The highest BCUT2D eigenvalue weighted by Gasteiger charge is 2.31. The first-order chi connectivity index (χ1) is 14.5. The molecule has 0 spiro atoms. The van der Waals surface area contributed by atoms with Crippen molar-refractivity contribution in [2.24, 2.45) is 0 Å². The van der Waals surface area contributed by atoms with Gasteiger partial charge >= 0.3 is 0 Å². The molecule has 30 heavy (non-hydrogen) atoms. The van der Waals surface area contributed by atoms with E-state index in [0.29, 0.717) is 19.4 Å². The van der Waals surface area contributed by atoms with E-state index >= 15 is 0 Å². The van der Waals surface area contributed by atoms with E-state index in [-0.39, 0.29) is 28.2 Å². The standard InChI is InChI=1S/C20H19F3N4OS2/c21-15-6-7-27(18(9-15)13-4-2-1-3-5-13)11-14-8-17(23)19(10-16(14)22)30(28)26-20-24-12-25-29-20/h1-5,8,10,12,15,18H,6-7,9,11H2,(H,24,25,26)/t15-,18+,30?/m1/s1. The van der Waals surface area contributed by atoms with Crippen molar-refractivity contribution in [2.75, 3.05) is 11.3 Å². The van der Waals surface area contributed by atoms with E-state index in [1.54, 1.807) is 0 Å². The summed E-state index contributed by atoms with van der Waals surface area (Å²) in [6, 6.07) is 11.3. The predicted molar refractivity (Wildman–Crippen MR) is 110 cm³/mol. The highest BCUT2D eigenvalue weighted by atomic mass is 32.2. The molecule has 1 unspecified atom stereocenters. The Morgan fingerprint density at radius 2 is 2.00 bits per heavy atom. The SMILES string of the molecule is [O-][S+](Nc1ncns1)c1cc(F)c(CN2CC[C@@H](F)C[C@H]2c2ccccc2)cc1F. The molecule has 158 valence electrons. The molecule has 4 rings (SSSR count). The molecule has 2 heterocycles. The Morgan fingerprint density at radius 3 is 2.73 bits per heavy atom. The van der Waals surface area contributed by atoms with Crippen LogP contribution in [0.3, 0.4) is 0 Å². The molecular formula is C20H19F3N4OS2. The summed E-state index contributed by atoms with van der Waals surface area (Å²) in [6.45, 7) is 0.569. The fourth-order valence-electron chi connectivity index (χ4n) is 3.59. The summed E-state index contributed by atoms with van der Waals surface area (Å²) in [5, 5.41) is 0.247. The van der Waals surface area contributed by atoms with Gasteiger partial charge in [-0.1, -0.05) is 30.3 Å². The summed E-state index contributed by atoms with van der Waals surface area (Å²) < 4.78 is 62.1. The van der Waals surface area contributed by atoms with Crippen LogP contribution in [0.15, 0.2) is 53.7 Å². The molecule has 5 nitrogen and oxygen atoms in total. The number of aromatic nitrogens is 2. The Labute approximate surface area is 179 Å². The van der Waals surface area contributed by atoms with E-state index in [4.69, 9.17) is 0 Å². The van der Waals surface area contributed by atoms with E-state index < -0.39 is 29.2 Å². The van der Waals surface area contributed by atoms with Crippen molar-refractivity contribution in [3.8, 4) is 0 Å². The maximum absolute atomic E-state index is 14.8. The Hall–Kier alpha value is -2.14. The normalized spacial score (nSPS) is 20.8. The molecule has 3 aromatic rings. The minimum Gasteiger partial charge on any atom is -0.588 e. The van der Waals surface area contributed by atoms with E-state index in [1.165, 1.54) is 6.33 Å². The number of anilines is 1. The zero-order valence-electron chi connectivity index (χ0n) is 15.8. The maximum Gasteiger partial charge on any atom is 0.245 e. The third-order valence-electron chi connectivity index (χ3n) is 5.05. The smallest absolute Gasteiger partial charge is 0.245 e. The predicted octanol–water partition coefficient (Wildman–Crippen LogP) is 4.63. The molecule has 2 aromatic carbocycles. The largest absolute Gasteiger partial charge is 0.588 e. The fourth-order valence-corrected chi connectivity index (χ4v) is 5.02. The topological polar surface area (TPSA) is 64.1 Å². The van der Waals surface area contributed by atoms with Gasteiger partial charge in [-0.2, -0.15) is 9.10 Å². The number of hydrogen-bond acceptors (Lipinski definition) is 6. The zero-order valence-corrected chi connectivity index (χ0v) is 17.4. The van der Waals surface area contributed by atoms with Crippen LogP contribution in [0.2, 0.25) is 0 Å². The molecule has 0 radical (unpaired) electrons. The van der Waals surface area contributed by atoms with Gasteiger partial charge in [-0.05, 0) is 24.5 Å². The van der Waals surface area contributed by atoms with Crippen LogP contribution in [-0.4, -0.2) is 31.5 Å². The highest BCUT2D eigenvalue weighted by Crippen LogP contribution is 2.34. The van der Waals surface area contributed by atoms with Crippen LogP contribution in [0.4, 0.5) is 18.3 Å². The van der Waals surface area contributed by atoms with Gasteiger partial charge in [0.2, 0.25) is 10.0 Å². The van der Waals surface area contributed by atoms with E-state index in [2.05, 4.69) is 14.1 Å². The maximum atomic E-state index is 14.8. The summed E-state index contributed by atoms with van der Waals surface area (Å²) in [6.07, 6.45) is 1.00. The van der Waals surface area contributed by atoms with Gasteiger partial charge in [-0.15, -0.1) is 0 Å². The molecule has 1 aromatic heterocycles. The monoisotopic (exact) mass is 452 g/mol. The van der Waals surface area contributed by atoms with Crippen LogP contribution in [-0.2, 0) is 17.9 Å². The lowest BCUT2D eigenvalue weighted by Gasteiger charge is -2.37. The van der Waals surface area contributed by atoms with Crippen LogP contribution in [0.5, 0.6) is 0 Å². The molecule has 10 heteroatoms. The second-order valence-electron chi connectivity index (χ2n) is 7.01. The quantitative estimate of drug-likeness (QED) is 0.553. The Kier molecular flexibility index (Phi) is 6.57. The number of halogens is 3. The van der Waals surface area contributed by atoms with Gasteiger partial charge in [0.1, 0.15) is 29.7 Å². The average molecular weight is 453 g/mol. The number of nitrogens with one attached hydrogen (secondary N) is 1. The van der Waals surface area contributed by atoms with Gasteiger partial charge in [-0.25, -0.2) is 18.2 Å². The first-order valence-corrected chi connectivity index (χ1v) is 11.3. The Balaban J connectivity index is 1.54. The molecule has 1 N–H and O–H groups in total. The lowest BCUT2D eigenvalue weighted by Crippen LogP contribution is -2.37. The second kappa shape index (κ2) is 9.34. The third-order valence-corrected chi connectivity index (χ3v) is 6.85. The molecule has 1 aliphatic heterocycles. The summed E-state index contributed by atoms with van der Waals surface area (Å²) in [5.41, 5.74) is 1.09. The number of likely N-dealkylation sites (tertiary alicyclic amines) is 1. The number of benzene rings is 2. The lowest BCUT2D eigenvalue weighted by atomic mass is 9.93. The average Bonchev–Trinajstić information content (AvgIpc) is 3.25. The molecule has 3 atom stereocenters. The van der Waals surface area contributed by atoms with Crippen LogP contribution < -0.4 is 4.72 Å². The van der Waals surface area contributed by atoms with Gasteiger partial charge in [0.25, 0.3) is 0 Å². The van der Waals surface area contributed by atoms with Crippen molar-refractivity contribution in [2.45, 2.75) is 36.5 Å². The molecule has 0 saturated carbocycles. The van der Waals surface area contributed by atoms with E-state index in [9.17, 15) is 17.7 Å².